The molecule has 1 aromatic heterocycles. The number of pyridine rings is 1. The summed E-state index contributed by atoms with van der Waals surface area (Å²) >= 11 is 5.05. The van der Waals surface area contributed by atoms with Gasteiger partial charge in [0.1, 0.15) is 11.3 Å². The molecule has 1 heterocycles. The van der Waals surface area contributed by atoms with Crippen LogP contribution in [0.4, 0.5) is 0 Å². The van der Waals surface area contributed by atoms with E-state index >= 15 is 0 Å². The van der Waals surface area contributed by atoms with Gasteiger partial charge in [-0.15, -0.1) is 0 Å². The van der Waals surface area contributed by atoms with Crippen molar-refractivity contribution in [3.63, 3.8) is 0 Å². The summed E-state index contributed by atoms with van der Waals surface area (Å²) in [5, 5.41) is 14.0. The van der Waals surface area contributed by atoms with E-state index in [2.05, 4.69) is 29.1 Å². The minimum atomic E-state index is -0.401. The van der Waals surface area contributed by atoms with E-state index in [1.165, 1.54) is 6.21 Å². The summed E-state index contributed by atoms with van der Waals surface area (Å²) in [5.41, 5.74) is 0.279. The first-order valence-corrected chi connectivity index (χ1v) is 7.05. The standard InChI is InChI=1S/C15H17N3O2S/c1-9(2)7-16-15(21)17-8-11-13(19)10-5-3-4-6-12(10)18-14(11)20/h3-6,8-9H,7H2,1-2H3,(H,16,21)(H2,18,19,20)/b17-8+. The molecule has 0 aliphatic heterocycles. The molecule has 2 aromatic rings. The molecule has 0 spiro atoms. The second-order valence-corrected chi connectivity index (χ2v) is 5.49. The summed E-state index contributed by atoms with van der Waals surface area (Å²) in [6.45, 7) is 4.81. The van der Waals surface area contributed by atoms with E-state index in [1.54, 1.807) is 24.3 Å². The highest BCUT2D eigenvalue weighted by Gasteiger charge is 2.09. The van der Waals surface area contributed by atoms with E-state index in [9.17, 15) is 9.90 Å². The molecule has 0 bridgehead atoms. The first-order valence-electron chi connectivity index (χ1n) is 6.65. The number of fused-ring (bicyclic) bond motifs is 1. The first kappa shape index (κ1) is 15.2. The Morgan fingerprint density at radius 2 is 2.19 bits per heavy atom. The zero-order chi connectivity index (χ0) is 15.4. The molecule has 5 nitrogen and oxygen atoms in total. The number of aromatic amines is 1. The Balaban J connectivity index is 2.30. The van der Waals surface area contributed by atoms with E-state index in [1.807, 2.05) is 0 Å². The van der Waals surface area contributed by atoms with Crippen LogP contribution in [0, 0.1) is 5.92 Å². The molecule has 0 unspecified atom stereocenters. The van der Waals surface area contributed by atoms with Crippen LogP contribution < -0.4 is 10.9 Å². The molecular weight excluding hydrogens is 286 g/mol. The number of benzene rings is 1. The summed E-state index contributed by atoms with van der Waals surface area (Å²) in [6, 6.07) is 7.03. The molecule has 0 radical (unpaired) electrons. The van der Waals surface area contributed by atoms with Gasteiger partial charge in [-0.25, -0.2) is 4.99 Å². The molecule has 0 amide bonds. The first-order chi connectivity index (χ1) is 9.99. The highest BCUT2D eigenvalue weighted by Crippen LogP contribution is 2.23. The van der Waals surface area contributed by atoms with Gasteiger partial charge in [-0.2, -0.15) is 0 Å². The van der Waals surface area contributed by atoms with Crippen molar-refractivity contribution in [3.8, 4) is 5.75 Å². The Labute approximate surface area is 127 Å². The quantitative estimate of drug-likeness (QED) is 0.600. The van der Waals surface area contributed by atoms with Crippen molar-refractivity contribution in [3.05, 3.63) is 40.2 Å². The molecule has 0 atom stereocenters. The van der Waals surface area contributed by atoms with Gasteiger partial charge in [-0.1, -0.05) is 26.0 Å². The minimum absolute atomic E-state index is 0.0928. The highest BCUT2D eigenvalue weighted by atomic mass is 32.1. The fourth-order valence-electron chi connectivity index (χ4n) is 1.82. The predicted molar refractivity (Wildman–Crippen MR) is 89.3 cm³/mol. The van der Waals surface area contributed by atoms with Gasteiger partial charge in [-0.3, -0.25) is 4.79 Å². The highest BCUT2D eigenvalue weighted by molar-refractivity contribution is 7.80. The van der Waals surface area contributed by atoms with Crippen molar-refractivity contribution >= 4 is 34.4 Å². The number of para-hydroxylation sites is 1. The van der Waals surface area contributed by atoms with E-state index < -0.39 is 5.56 Å². The van der Waals surface area contributed by atoms with Gasteiger partial charge in [0.2, 0.25) is 0 Å². The molecule has 0 fully saturated rings. The molecule has 1 aromatic carbocycles. The average Bonchev–Trinajstić information content (AvgIpc) is 2.45. The van der Waals surface area contributed by atoms with E-state index in [0.29, 0.717) is 23.4 Å². The maximum absolute atomic E-state index is 12.0. The lowest BCUT2D eigenvalue weighted by Gasteiger charge is -2.06. The van der Waals surface area contributed by atoms with Crippen molar-refractivity contribution in [1.82, 2.24) is 10.3 Å². The van der Waals surface area contributed by atoms with Crippen LogP contribution in [0.3, 0.4) is 0 Å². The molecule has 2 rings (SSSR count). The summed E-state index contributed by atoms with van der Waals surface area (Å²) in [6.07, 6.45) is 1.29. The smallest absolute Gasteiger partial charge is 0.261 e. The number of H-pyrrole nitrogens is 1. The Morgan fingerprint density at radius 3 is 2.90 bits per heavy atom. The van der Waals surface area contributed by atoms with Crippen LogP contribution >= 0.6 is 12.2 Å². The number of nitrogens with one attached hydrogen (secondary N) is 2. The molecule has 0 aliphatic rings. The van der Waals surface area contributed by atoms with Gasteiger partial charge < -0.3 is 15.4 Å². The van der Waals surface area contributed by atoms with E-state index in [0.717, 1.165) is 0 Å². The van der Waals surface area contributed by atoms with Crippen LogP contribution in [0.5, 0.6) is 5.75 Å². The third-order valence-corrected chi connectivity index (χ3v) is 3.15. The number of thiocarbonyl (C=S) groups is 1. The van der Waals surface area contributed by atoms with Crippen molar-refractivity contribution in [2.24, 2.45) is 10.9 Å². The zero-order valence-corrected chi connectivity index (χ0v) is 12.7. The fourth-order valence-corrected chi connectivity index (χ4v) is 1.96. The Bertz CT molecular complexity index is 750. The van der Waals surface area contributed by atoms with Crippen LogP contribution in [0.25, 0.3) is 10.9 Å². The number of aromatic hydroxyl groups is 1. The van der Waals surface area contributed by atoms with E-state index in [-0.39, 0.29) is 16.4 Å². The van der Waals surface area contributed by atoms with E-state index in [4.69, 9.17) is 12.2 Å². The van der Waals surface area contributed by atoms with Gasteiger partial charge in [0.05, 0.1) is 5.52 Å². The summed E-state index contributed by atoms with van der Waals surface area (Å²) < 4.78 is 0. The molecule has 0 saturated carbocycles. The van der Waals surface area contributed by atoms with Crippen molar-refractivity contribution < 1.29 is 5.11 Å². The Kier molecular flexibility index (Phi) is 4.70. The second kappa shape index (κ2) is 6.49. The summed E-state index contributed by atoms with van der Waals surface area (Å²) in [7, 11) is 0. The largest absolute Gasteiger partial charge is 0.506 e. The normalized spacial score (nSPS) is 11.4. The SMILES string of the molecule is CC(C)CNC(=S)/N=C/c1c(O)c2ccccc2[nH]c1=O. The van der Waals surface area contributed by atoms with Crippen LogP contribution in [-0.2, 0) is 0 Å². The molecule has 0 saturated heterocycles. The molecular formula is C15H17N3O2S. The van der Waals surface area contributed by atoms with Crippen molar-refractivity contribution in [2.45, 2.75) is 13.8 Å². The summed E-state index contributed by atoms with van der Waals surface area (Å²) in [4.78, 5) is 18.7. The van der Waals surface area contributed by atoms with Gasteiger partial charge in [-0.05, 0) is 30.3 Å². The lowest BCUT2D eigenvalue weighted by atomic mass is 10.1. The number of nitrogens with zero attached hydrogens (tertiary/aromatic N) is 1. The number of aromatic nitrogens is 1. The molecule has 21 heavy (non-hydrogen) atoms. The average molecular weight is 303 g/mol. The molecule has 110 valence electrons. The third-order valence-electron chi connectivity index (χ3n) is 2.90. The van der Waals surface area contributed by atoms with Crippen molar-refractivity contribution in [2.75, 3.05) is 6.54 Å². The number of hydrogen-bond donors (Lipinski definition) is 3. The number of rotatable bonds is 3. The second-order valence-electron chi connectivity index (χ2n) is 5.10. The minimum Gasteiger partial charge on any atom is -0.506 e. The maximum atomic E-state index is 12.0. The number of hydrogen-bond acceptors (Lipinski definition) is 3. The van der Waals surface area contributed by atoms with Crippen LogP contribution in [0.15, 0.2) is 34.1 Å². The topological polar surface area (TPSA) is 77.5 Å². The lowest BCUT2D eigenvalue weighted by Crippen LogP contribution is -2.24. The van der Waals surface area contributed by atoms with Crippen LogP contribution in [-0.4, -0.2) is 28.0 Å². The maximum Gasteiger partial charge on any atom is 0.261 e. The Morgan fingerprint density at radius 1 is 1.48 bits per heavy atom. The van der Waals surface area contributed by atoms with Crippen LogP contribution in [0.1, 0.15) is 19.4 Å². The van der Waals surface area contributed by atoms with Gasteiger partial charge >= 0.3 is 0 Å². The summed E-state index contributed by atoms with van der Waals surface area (Å²) in [5.74, 6) is 0.348. The molecule has 0 aliphatic carbocycles. The van der Waals surface area contributed by atoms with Crippen LogP contribution in [0.2, 0.25) is 0 Å². The number of aliphatic imine (C=N–C) groups is 1. The Hall–Kier alpha value is -2.21. The zero-order valence-electron chi connectivity index (χ0n) is 11.9. The molecule has 3 N–H and O–H groups in total. The predicted octanol–water partition coefficient (Wildman–Crippen LogP) is 2.18. The monoisotopic (exact) mass is 303 g/mol. The fraction of sp³-hybridized carbons (Fsp3) is 0.267. The van der Waals surface area contributed by atoms with Gasteiger partial charge in [0.15, 0.2) is 5.11 Å². The van der Waals surface area contributed by atoms with Gasteiger partial charge in [0.25, 0.3) is 5.56 Å². The van der Waals surface area contributed by atoms with Crippen molar-refractivity contribution in [1.29, 1.82) is 0 Å². The molecule has 6 heteroatoms. The van der Waals surface area contributed by atoms with Gasteiger partial charge in [0, 0.05) is 18.1 Å². The third kappa shape index (κ3) is 3.66. The lowest BCUT2D eigenvalue weighted by molar-refractivity contribution is 0.479.